The SMILES string of the molecule is CCNC(=O)CC1CN(C)CCN1. The third kappa shape index (κ3) is 3.74. The minimum atomic E-state index is 0.148. The van der Waals surface area contributed by atoms with Gasteiger partial charge in [0, 0.05) is 38.6 Å². The largest absolute Gasteiger partial charge is 0.356 e. The summed E-state index contributed by atoms with van der Waals surface area (Å²) in [6.45, 7) is 5.70. The van der Waals surface area contributed by atoms with Crippen LogP contribution in [-0.2, 0) is 4.79 Å². The summed E-state index contributed by atoms with van der Waals surface area (Å²) >= 11 is 0. The molecule has 0 aromatic carbocycles. The number of amides is 1. The predicted octanol–water partition coefficient (Wildman–Crippen LogP) is -0.584. The Morgan fingerprint density at radius 2 is 2.46 bits per heavy atom. The van der Waals surface area contributed by atoms with Gasteiger partial charge in [-0.25, -0.2) is 0 Å². The van der Waals surface area contributed by atoms with Crippen LogP contribution in [0.2, 0.25) is 0 Å². The first-order valence-corrected chi connectivity index (χ1v) is 4.91. The maximum atomic E-state index is 11.2. The third-order valence-corrected chi connectivity index (χ3v) is 2.26. The van der Waals surface area contributed by atoms with Crippen molar-refractivity contribution in [3.63, 3.8) is 0 Å². The van der Waals surface area contributed by atoms with E-state index in [9.17, 15) is 4.79 Å². The van der Waals surface area contributed by atoms with Gasteiger partial charge in [0.1, 0.15) is 0 Å². The minimum Gasteiger partial charge on any atom is -0.356 e. The van der Waals surface area contributed by atoms with Gasteiger partial charge < -0.3 is 15.5 Å². The monoisotopic (exact) mass is 185 g/mol. The Morgan fingerprint density at radius 3 is 3.08 bits per heavy atom. The minimum absolute atomic E-state index is 0.148. The fourth-order valence-electron chi connectivity index (χ4n) is 1.62. The average Bonchev–Trinajstić information content (AvgIpc) is 2.04. The van der Waals surface area contributed by atoms with Crippen LogP contribution in [0.25, 0.3) is 0 Å². The fourth-order valence-corrected chi connectivity index (χ4v) is 1.62. The van der Waals surface area contributed by atoms with Gasteiger partial charge in [0.05, 0.1) is 0 Å². The van der Waals surface area contributed by atoms with Crippen molar-refractivity contribution >= 4 is 5.91 Å². The molecule has 0 radical (unpaired) electrons. The fraction of sp³-hybridized carbons (Fsp3) is 0.889. The average molecular weight is 185 g/mol. The lowest BCUT2D eigenvalue weighted by Crippen LogP contribution is -2.50. The van der Waals surface area contributed by atoms with Crippen LogP contribution < -0.4 is 10.6 Å². The van der Waals surface area contributed by atoms with Crippen molar-refractivity contribution in [1.29, 1.82) is 0 Å². The summed E-state index contributed by atoms with van der Waals surface area (Å²) in [6, 6.07) is 0.324. The molecule has 2 N–H and O–H groups in total. The molecule has 4 nitrogen and oxygen atoms in total. The highest BCUT2D eigenvalue weighted by Crippen LogP contribution is 1.99. The Bertz CT molecular complexity index is 172. The van der Waals surface area contributed by atoms with Gasteiger partial charge in [-0.1, -0.05) is 0 Å². The van der Waals surface area contributed by atoms with Crippen LogP contribution in [0.5, 0.6) is 0 Å². The van der Waals surface area contributed by atoms with E-state index < -0.39 is 0 Å². The number of carbonyl (C=O) groups excluding carboxylic acids is 1. The zero-order chi connectivity index (χ0) is 9.68. The summed E-state index contributed by atoms with van der Waals surface area (Å²) in [5, 5.41) is 6.15. The van der Waals surface area contributed by atoms with Crippen molar-refractivity contribution in [2.24, 2.45) is 0 Å². The van der Waals surface area contributed by atoms with E-state index in [4.69, 9.17) is 0 Å². The van der Waals surface area contributed by atoms with E-state index in [2.05, 4.69) is 22.6 Å². The molecule has 0 aromatic heterocycles. The second-order valence-corrected chi connectivity index (χ2v) is 3.57. The number of hydrogen-bond acceptors (Lipinski definition) is 3. The molecule has 1 fully saturated rings. The lowest BCUT2D eigenvalue weighted by atomic mass is 10.1. The maximum Gasteiger partial charge on any atom is 0.221 e. The van der Waals surface area contributed by atoms with E-state index in [1.807, 2.05) is 6.92 Å². The Labute approximate surface area is 79.7 Å². The molecule has 1 amide bonds. The van der Waals surface area contributed by atoms with Crippen LogP contribution in [-0.4, -0.2) is 50.1 Å². The molecule has 1 unspecified atom stereocenters. The van der Waals surface area contributed by atoms with Crippen molar-refractivity contribution in [3.8, 4) is 0 Å². The van der Waals surface area contributed by atoms with Crippen molar-refractivity contribution in [3.05, 3.63) is 0 Å². The zero-order valence-electron chi connectivity index (χ0n) is 8.47. The van der Waals surface area contributed by atoms with E-state index in [0.717, 1.165) is 26.2 Å². The number of likely N-dealkylation sites (N-methyl/N-ethyl adjacent to an activating group) is 1. The molecule has 76 valence electrons. The Balaban J connectivity index is 2.23. The molecule has 1 rings (SSSR count). The lowest BCUT2D eigenvalue weighted by Gasteiger charge is -2.30. The molecule has 0 bridgehead atoms. The van der Waals surface area contributed by atoms with E-state index in [-0.39, 0.29) is 5.91 Å². The molecule has 1 aliphatic rings. The quantitative estimate of drug-likeness (QED) is 0.618. The first kappa shape index (κ1) is 10.5. The van der Waals surface area contributed by atoms with Crippen LogP contribution >= 0.6 is 0 Å². The number of nitrogens with one attached hydrogen (secondary N) is 2. The second-order valence-electron chi connectivity index (χ2n) is 3.57. The number of nitrogens with zero attached hydrogens (tertiary/aromatic N) is 1. The molecule has 1 heterocycles. The first-order valence-electron chi connectivity index (χ1n) is 4.91. The topological polar surface area (TPSA) is 44.4 Å². The summed E-state index contributed by atoms with van der Waals surface area (Å²) in [5.41, 5.74) is 0. The Kier molecular flexibility index (Phi) is 4.18. The van der Waals surface area contributed by atoms with Gasteiger partial charge in [-0.3, -0.25) is 4.79 Å². The van der Waals surface area contributed by atoms with Crippen LogP contribution in [0.1, 0.15) is 13.3 Å². The van der Waals surface area contributed by atoms with Crippen LogP contribution in [0.3, 0.4) is 0 Å². The van der Waals surface area contributed by atoms with Gasteiger partial charge in [0.25, 0.3) is 0 Å². The molecule has 0 saturated carbocycles. The zero-order valence-corrected chi connectivity index (χ0v) is 8.47. The predicted molar refractivity (Wildman–Crippen MR) is 52.6 cm³/mol. The van der Waals surface area contributed by atoms with Gasteiger partial charge in [-0.05, 0) is 14.0 Å². The van der Waals surface area contributed by atoms with Crippen molar-refractivity contribution in [2.45, 2.75) is 19.4 Å². The summed E-state index contributed by atoms with van der Waals surface area (Å²) in [6.07, 6.45) is 0.595. The normalized spacial score (nSPS) is 24.3. The maximum absolute atomic E-state index is 11.2. The molecule has 0 spiro atoms. The van der Waals surface area contributed by atoms with Crippen molar-refractivity contribution < 1.29 is 4.79 Å². The number of hydrogen-bond donors (Lipinski definition) is 2. The first-order chi connectivity index (χ1) is 6.22. The number of rotatable bonds is 3. The van der Waals surface area contributed by atoms with Crippen LogP contribution in [0.4, 0.5) is 0 Å². The molecule has 4 heteroatoms. The molecule has 0 aromatic rings. The van der Waals surface area contributed by atoms with Gasteiger partial charge in [-0.2, -0.15) is 0 Å². The van der Waals surface area contributed by atoms with Gasteiger partial charge in [0.15, 0.2) is 0 Å². The van der Waals surface area contributed by atoms with E-state index in [1.54, 1.807) is 0 Å². The van der Waals surface area contributed by atoms with Gasteiger partial charge in [0.2, 0.25) is 5.91 Å². The lowest BCUT2D eigenvalue weighted by molar-refractivity contribution is -0.121. The Morgan fingerprint density at radius 1 is 1.69 bits per heavy atom. The highest BCUT2D eigenvalue weighted by molar-refractivity contribution is 5.76. The summed E-state index contributed by atoms with van der Waals surface area (Å²) in [5.74, 6) is 0.148. The molecule has 13 heavy (non-hydrogen) atoms. The van der Waals surface area contributed by atoms with Gasteiger partial charge in [-0.15, -0.1) is 0 Å². The summed E-state index contributed by atoms with van der Waals surface area (Å²) in [4.78, 5) is 13.5. The Hall–Kier alpha value is -0.610. The molecular weight excluding hydrogens is 166 g/mol. The molecule has 1 saturated heterocycles. The summed E-state index contributed by atoms with van der Waals surface area (Å²) in [7, 11) is 2.09. The molecular formula is C9H19N3O. The van der Waals surface area contributed by atoms with E-state index in [1.165, 1.54) is 0 Å². The molecule has 1 atom stereocenters. The number of carbonyl (C=O) groups is 1. The highest BCUT2D eigenvalue weighted by atomic mass is 16.1. The van der Waals surface area contributed by atoms with Crippen LogP contribution in [0.15, 0.2) is 0 Å². The van der Waals surface area contributed by atoms with Crippen molar-refractivity contribution in [2.75, 3.05) is 33.2 Å². The molecule has 0 aliphatic carbocycles. The van der Waals surface area contributed by atoms with E-state index >= 15 is 0 Å². The second kappa shape index (κ2) is 5.19. The van der Waals surface area contributed by atoms with Crippen molar-refractivity contribution in [1.82, 2.24) is 15.5 Å². The van der Waals surface area contributed by atoms with Gasteiger partial charge >= 0.3 is 0 Å². The third-order valence-electron chi connectivity index (χ3n) is 2.26. The molecule has 1 aliphatic heterocycles. The van der Waals surface area contributed by atoms with E-state index in [0.29, 0.717) is 12.5 Å². The highest BCUT2D eigenvalue weighted by Gasteiger charge is 2.18. The van der Waals surface area contributed by atoms with Crippen LogP contribution in [0, 0.1) is 0 Å². The number of piperazine rings is 1. The smallest absolute Gasteiger partial charge is 0.221 e. The standard InChI is InChI=1S/C9H19N3O/c1-3-10-9(13)6-8-7-12(2)5-4-11-8/h8,11H,3-7H2,1-2H3,(H,10,13). The summed E-state index contributed by atoms with van der Waals surface area (Å²) < 4.78 is 0.